The molecular weight excluding hydrogens is 244 g/mol. The normalized spacial score (nSPS) is 10.8. The zero-order valence-corrected chi connectivity index (χ0v) is 11.8. The molecule has 0 heterocycles. The first-order chi connectivity index (χ1) is 8.40. The zero-order valence-electron chi connectivity index (χ0n) is 11.0. The van der Waals surface area contributed by atoms with Gasteiger partial charge < -0.3 is 5.32 Å². The van der Waals surface area contributed by atoms with Crippen LogP contribution >= 0.6 is 11.8 Å². The number of nitrogens with zero attached hydrogens (tertiary/aromatic N) is 1. The summed E-state index contributed by atoms with van der Waals surface area (Å²) in [6.45, 7) is 6.11. The number of carbonyl (C=O) groups is 1. The molecule has 0 bridgehead atoms. The second kappa shape index (κ2) is 6.46. The average Bonchev–Trinajstić information content (AvgIpc) is 2.25. The van der Waals surface area contributed by atoms with E-state index in [1.54, 1.807) is 0 Å². The summed E-state index contributed by atoms with van der Waals surface area (Å²) in [6, 6.07) is 9.63. The van der Waals surface area contributed by atoms with Crippen molar-refractivity contribution in [3.05, 3.63) is 24.3 Å². The van der Waals surface area contributed by atoms with E-state index in [1.807, 2.05) is 45.0 Å². The molecule has 0 aromatic heterocycles. The molecule has 0 saturated carbocycles. The molecule has 1 amide bonds. The third kappa shape index (κ3) is 5.74. The Morgan fingerprint density at radius 1 is 1.33 bits per heavy atom. The third-order valence-corrected chi connectivity index (χ3v) is 3.01. The van der Waals surface area contributed by atoms with Crippen molar-refractivity contribution in [1.82, 2.24) is 0 Å². The van der Waals surface area contributed by atoms with Gasteiger partial charge in [-0.2, -0.15) is 5.26 Å². The lowest BCUT2D eigenvalue weighted by atomic mass is 9.92. The quantitative estimate of drug-likeness (QED) is 0.842. The van der Waals surface area contributed by atoms with Crippen LogP contribution in [0.4, 0.5) is 5.69 Å². The topological polar surface area (TPSA) is 52.9 Å². The number of hydrogen-bond acceptors (Lipinski definition) is 3. The maximum absolute atomic E-state index is 11.7. The van der Waals surface area contributed by atoms with Crippen molar-refractivity contribution in [2.75, 3.05) is 11.1 Å². The van der Waals surface area contributed by atoms with Crippen molar-refractivity contribution < 1.29 is 4.79 Å². The minimum atomic E-state index is -0.00727. The number of hydrogen-bond donors (Lipinski definition) is 1. The largest absolute Gasteiger partial charge is 0.326 e. The molecular formula is C14H18N2OS. The Balaban J connectivity index is 2.54. The van der Waals surface area contributed by atoms with Crippen molar-refractivity contribution in [2.24, 2.45) is 5.41 Å². The summed E-state index contributed by atoms with van der Waals surface area (Å²) in [4.78, 5) is 12.8. The van der Waals surface area contributed by atoms with E-state index >= 15 is 0 Å². The van der Waals surface area contributed by atoms with Crippen LogP contribution < -0.4 is 5.32 Å². The van der Waals surface area contributed by atoms with Crippen molar-refractivity contribution in [3.63, 3.8) is 0 Å². The van der Waals surface area contributed by atoms with Crippen molar-refractivity contribution in [3.8, 4) is 6.07 Å². The van der Waals surface area contributed by atoms with Gasteiger partial charge in [-0.25, -0.2) is 0 Å². The lowest BCUT2D eigenvalue weighted by Gasteiger charge is -2.17. The SMILES string of the molecule is CC(C)(C)CC(=O)Nc1ccc(SCC#N)cc1. The molecule has 18 heavy (non-hydrogen) atoms. The molecule has 0 radical (unpaired) electrons. The highest BCUT2D eigenvalue weighted by Crippen LogP contribution is 2.22. The molecule has 0 unspecified atom stereocenters. The molecule has 0 atom stereocenters. The number of carbonyl (C=O) groups excluding carboxylic acids is 1. The maximum atomic E-state index is 11.7. The number of benzene rings is 1. The summed E-state index contributed by atoms with van der Waals surface area (Å²) in [5, 5.41) is 11.3. The molecule has 0 spiro atoms. The standard InChI is InChI=1S/C14H18N2OS/c1-14(2,3)10-13(17)16-11-4-6-12(7-5-11)18-9-8-15/h4-7H,9-10H2,1-3H3,(H,16,17). The van der Waals surface area contributed by atoms with Crippen LogP contribution in [0.2, 0.25) is 0 Å². The van der Waals surface area contributed by atoms with E-state index in [2.05, 4.69) is 11.4 Å². The van der Waals surface area contributed by atoms with E-state index < -0.39 is 0 Å². The van der Waals surface area contributed by atoms with Gasteiger partial charge in [-0.15, -0.1) is 11.8 Å². The fraction of sp³-hybridized carbons (Fsp3) is 0.429. The summed E-state index contributed by atoms with van der Waals surface area (Å²) < 4.78 is 0. The molecule has 96 valence electrons. The number of nitrogens with one attached hydrogen (secondary N) is 1. The molecule has 0 aliphatic carbocycles. The Kier molecular flexibility index (Phi) is 5.24. The van der Waals surface area contributed by atoms with Crippen molar-refractivity contribution in [2.45, 2.75) is 32.1 Å². The zero-order chi connectivity index (χ0) is 13.6. The smallest absolute Gasteiger partial charge is 0.224 e. The fourth-order valence-corrected chi connectivity index (χ4v) is 2.00. The third-order valence-electron chi connectivity index (χ3n) is 2.13. The predicted octanol–water partition coefficient (Wildman–Crippen LogP) is 3.68. The van der Waals surface area contributed by atoms with Gasteiger partial charge in [0.1, 0.15) is 0 Å². The molecule has 1 N–H and O–H groups in total. The van der Waals surface area contributed by atoms with Crippen LogP contribution in [0.15, 0.2) is 29.2 Å². The monoisotopic (exact) mass is 262 g/mol. The molecule has 1 rings (SSSR count). The predicted molar refractivity (Wildman–Crippen MR) is 75.5 cm³/mol. The van der Waals surface area contributed by atoms with Crippen LogP contribution in [0.3, 0.4) is 0 Å². The molecule has 3 nitrogen and oxygen atoms in total. The van der Waals surface area contributed by atoms with Crippen LogP contribution in [0.5, 0.6) is 0 Å². The first kappa shape index (κ1) is 14.6. The maximum Gasteiger partial charge on any atom is 0.224 e. The van der Waals surface area contributed by atoms with E-state index in [9.17, 15) is 4.79 Å². The second-order valence-corrected chi connectivity index (χ2v) is 6.31. The van der Waals surface area contributed by atoms with Gasteiger partial charge in [0.15, 0.2) is 0 Å². The van der Waals surface area contributed by atoms with E-state index in [-0.39, 0.29) is 11.3 Å². The van der Waals surface area contributed by atoms with Crippen LogP contribution in [0.25, 0.3) is 0 Å². The lowest BCUT2D eigenvalue weighted by molar-refractivity contribution is -0.117. The average molecular weight is 262 g/mol. The van der Waals surface area contributed by atoms with Gasteiger partial charge in [-0.1, -0.05) is 20.8 Å². The molecule has 0 saturated heterocycles. The van der Waals surface area contributed by atoms with E-state index in [0.717, 1.165) is 10.6 Å². The highest BCUT2D eigenvalue weighted by molar-refractivity contribution is 7.99. The number of thioether (sulfide) groups is 1. The fourth-order valence-electron chi connectivity index (χ4n) is 1.44. The summed E-state index contributed by atoms with van der Waals surface area (Å²) in [5.41, 5.74) is 0.790. The van der Waals surface area contributed by atoms with Gasteiger partial charge in [-0.3, -0.25) is 4.79 Å². The van der Waals surface area contributed by atoms with Crippen LogP contribution in [0, 0.1) is 16.7 Å². The van der Waals surface area contributed by atoms with Gasteiger partial charge in [0.25, 0.3) is 0 Å². The lowest BCUT2D eigenvalue weighted by Crippen LogP contribution is -2.19. The Morgan fingerprint density at radius 2 is 1.94 bits per heavy atom. The molecule has 0 aliphatic heterocycles. The molecule has 4 heteroatoms. The van der Waals surface area contributed by atoms with Crippen LogP contribution in [-0.4, -0.2) is 11.7 Å². The number of nitriles is 1. The molecule has 0 aliphatic rings. The van der Waals surface area contributed by atoms with Crippen molar-refractivity contribution in [1.29, 1.82) is 5.26 Å². The number of rotatable bonds is 4. The minimum absolute atomic E-state index is 0.00727. The Hall–Kier alpha value is -1.47. The van der Waals surface area contributed by atoms with E-state index in [4.69, 9.17) is 5.26 Å². The van der Waals surface area contributed by atoms with Gasteiger partial charge in [0, 0.05) is 17.0 Å². The minimum Gasteiger partial charge on any atom is -0.326 e. The Bertz CT molecular complexity index is 440. The summed E-state index contributed by atoms with van der Waals surface area (Å²) >= 11 is 1.48. The number of anilines is 1. The number of amides is 1. The Labute approximate surface area is 113 Å². The van der Waals surface area contributed by atoms with Crippen LogP contribution in [0.1, 0.15) is 27.2 Å². The second-order valence-electron chi connectivity index (χ2n) is 5.26. The summed E-state index contributed by atoms with van der Waals surface area (Å²) in [5.74, 6) is 0.468. The first-order valence-corrected chi connectivity index (χ1v) is 6.79. The van der Waals surface area contributed by atoms with Crippen LogP contribution in [-0.2, 0) is 4.79 Å². The van der Waals surface area contributed by atoms with E-state index in [1.165, 1.54) is 11.8 Å². The summed E-state index contributed by atoms with van der Waals surface area (Å²) in [6.07, 6.45) is 0.498. The highest BCUT2D eigenvalue weighted by Gasteiger charge is 2.15. The van der Waals surface area contributed by atoms with Gasteiger partial charge in [0.05, 0.1) is 11.8 Å². The van der Waals surface area contributed by atoms with Gasteiger partial charge >= 0.3 is 0 Å². The Morgan fingerprint density at radius 3 is 2.44 bits per heavy atom. The first-order valence-electron chi connectivity index (χ1n) is 5.80. The van der Waals surface area contributed by atoms with Gasteiger partial charge in [-0.05, 0) is 29.7 Å². The van der Waals surface area contributed by atoms with Gasteiger partial charge in [0.2, 0.25) is 5.91 Å². The van der Waals surface area contributed by atoms with E-state index in [0.29, 0.717) is 12.2 Å². The van der Waals surface area contributed by atoms with Crippen molar-refractivity contribution >= 4 is 23.4 Å². The summed E-state index contributed by atoms with van der Waals surface area (Å²) in [7, 11) is 0. The highest BCUT2D eigenvalue weighted by atomic mass is 32.2. The molecule has 0 fully saturated rings. The molecule has 1 aromatic carbocycles. The molecule has 1 aromatic rings.